The molecule has 0 atom stereocenters. The standard InChI is InChI=1S/C24H22N2O3/c1-15(2)14-25-23(27)18-9-5-6-10-20(18)26-24(28)22-13-19-17-8-4-3-7-16(17)11-12-21(19)29-22/h3-13,15H,14H2,1-2H3,(H,25,27)(H,26,28). The number of hydrogen-bond donors (Lipinski definition) is 2. The van der Waals surface area contributed by atoms with Gasteiger partial charge in [-0.2, -0.15) is 0 Å². The number of nitrogens with one attached hydrogen (secondary N) is 2. The monoisotopic (exact) mass is 386 g/mol. The Labute approximate surface area is 168 Å². The van der Waals surface area contributed by atoms with Crippen molar-refractivity contribution in [1.29, 1.82) is 0 Å². The van der Waals surface area contributed by atoms with Crippen molar-refractivity contribution in [2.75, 3.05) is 11.9 Å². The number of carbonyl (C=O) groups is 2. The van der Waals surface area contributed by atoms with E-state index in [1.165, 1.54) is 0 Å². The topological polar surface area (TPSA) is 71.3 Å². The molecule has 4 aromatic rings. The molecule has 29 heavy (non-hydrogen) atoms. The number of para-hydroxylation sites is 1. The van der Waals surface area contributed by atoms with Gasteiger partial charge >= 0.3 is 0 Å². The molecule has 2 N–H and O–H groups in total. The lowest BCUT2D eigenvalue weighted by atomic mass is 10.1. The Hall–Kier alpha value is -3.60. The zero-order valence-electron chi connectivity index (χ0n) is 16.4. The zero-order chi connectivity index (χ0) is 20.4. The molecule has 4 rings (SSSR count). The van der Waals surface area contributed by atoms with Gasteiger partial charge in [0.05, 0.1) is 11.3 Å². The lowest BCUT2D eigenvalue weighted by molar-refractivity contribution is 0.0950. The molecule has 5 heteroatoms. The number of carbonyl (C=O) groups excluding carboxylic acids is 2. The summed E-state index contributed by atoms with van der Waals surface area (Å²) in [4.78, 5) is 25.3. The molecule has 0 aliphatic carbocycles. The van der Waals surface area contributed by atoms with Crippen LogP contribution in [0.3, 0.4) is 0 Å². The van der Waals surface area contributed by atoms with Crippen LogP contribution in [-0.4, -0.2) is 18.4 Å². The predicted molar refractivity (Wildman–Crippen MR) is 115 cm³/mol. The highest BCUT2D eigenvalue weighted by Crippen LogP contribution is 2.28. The van der Waals surface area contributed by atoms with Crippen molar-refractivity contribution in [3.05, 3.63) is 78.1 Å². The van der Waals surface area contributed by atoms with Gasteiger partial charge in [0.15, 0.2) is 5.76 Å². The fourth-order valence-electron chi connectivity index (χ4n) is 3.27. The quantitative estimate of drug-likeness (QED) is 0.494. The molecular formula is C24H22N2O3. The summed E-state index contributed by atoms with van der Waals surface area (Å²) < 4.78 is 5.78. The van der Waals surface area contributed by atoms with Gasteiger partial charge in [0.25, 0.3) is 11.8 Å². The number of benzene rings is 3. The SMILES string of the molecule is CC(C)CNC(=O)c1ccccc1NC(=O)c1cc2c(ccc3ccccc32)o1. The van der Waals surface area contributed by atoms with Crippen LogP contribution in [0.15, 0.2) is 71.1 Å². The molecule has 0 saturated carbocycles. The molecular weight excluding hydrogens is 364 g/mol. The van der Waals surface area contributed by atoms with Crippen LogP contribution in [0.4, 0.5) is 5.69 Å². The third-order valence-corrected chi connectivity index (χ3v) is 4.74. The summed E-state index contributed by atoms with van der Waals surface area (Å²) in [7, 11) is 0. The third kappa shape index (κ3) is 3.85. The number of rotatable bonds is 5. The van der Waals surface area contributed by atoms with E-state index < -0.39 is 5.91 Å². The Bertz CT molecular complexity index is 1210. The maximum atomic E-state index is 12.8. The molecule has 0 aliphatic heterocycles. The van der Waals surface area contributed by atoms with E-state index in [1.54, 1.807) is 30.3 Å². The number of furan rings is 1. The second-order valence-corrected chi connectivity index (χ2v) is 7.41. The smallest absolute Gasteiger partial charge is 0.291 e. The highest BCUT2D eigenvalue weighted by molar-refractivity contribution is 6.12. The van der Waals surface area contributed by atoms with Gasteiger partial charge in [0, 0.05) is 11.9 Å². The summed E-state index contributed by atoms with van der Waals surface area (Å²) in [6.07, 6.45) is 0. The van der Waals surface area contributed by atoms with Crippen molar-refractivity contribution in [2.45, 2.75) is 13.8 Å². The van der Waals surface area contributed by atoms with E-state index in [2.05, 4.69) is 10.6 Å². The average Bonchev–Trinajstić information content (AvgIpc) is 3.17. The van der Waals surface area contributed by atoms with Gasteiger partial charge < -0.3 is 15.1 Å². The Balaban J connectivity index is 1.62. The summed E-state index contributed by atoms with van der Waals surface area (Å²) in [6, 6.07) is 20.5. The van der Waals surface area contributed by atoms with E-state index in [9.17, 15) is 9.59 Å². The van der Waals surface area contributed by atoms with E-state index in [0.29, 0.717) is 29.3 Å². The number of hydrogen-bond acceptors (Lipinski definition) is 3. The van der Waals surface area contributed by atoms with Gasteiger partial charge in [-0.25, -0.2) is 0 Å². The fourth-order valence-corrected chi connectivity index (χ4v) is 3.27. The summed E-state index contributed by atoms with van der Waals surface area (Å²) in [5.74, 6) is -0.0700. The van der Waals surface area contributed by atoms with E-state index in [1.807, 2.05) is 50.2 Å². The first-order valence-corrected chi connectivity index (χ1v) is 9.63. The highest BCUT2D eigenvalue weighted by Gasteiger charge is 2.17. The summed E-state index contributed by atoms with van der Waals surface area (Å²) in [6.45, 7) is 4.62. The summed E-state index contributed by atoms with van der Waals surface area (Å²) in [5.41, 5.74) is 1.52. The minimum atomic E-state index is -0.394. The maximum absolute atomic E-state index is 12.8. The first kappa shape index (κ1) is 18.7. The van der Waals surface area contributed by atoms with Gasteiger partial charge in [0.1, 0.15) is 5.58 Å². The molecule has 1 heterocycles. The van der Waals surface area contributed by atoms with E-state index in [4.69, 9.17) is 4.42 Å². The first-order chi connectivity index (χ1) is 14.0. The molecule has 3 aromatic carbocycles. The molecule has 0 bridgehead atoms. The second-order valence-electron chi connectivity index (χ2n) is 7.41. The molecule has 1 aromatic heterocycles. The van der Waals surface area contributed by atoms with Gasteiger partial charge in [-0.3, -0.25) is 9.59 Å². The van der Waals surface area contributed by atoms with Crippen LogP contribution in [0.2, 0.25) is 0 Å². The Morgan fingerprint density at radius 3 is 2.48 bits per heavy atom. The van der Waals surface area contributed by atoms with Crippen LogP contribution >= 0.6 is 0 Å². The van der Waals surface area contributed by atoms with Gasteiger partial charge in [0.2, 0.25) is 0 Å². The number of fused-ring (bicyclic) bond motifs is 3. The Morgan fingerprint density at radius 1 is 0.897 bits per heavy atom. The van der Waals surface area contributed by atoms with Gasteiger partial charge in [-0.15, -0.1) is 0 Å². The molecule has 0 radical (unpaired) electrons. The minimum Gasteiger partial charge on any atom is -0.451 e. The van der Waals surface area contributed by atoms with Crippen LogP contribution in [0, 0.1) is 5.92 Å². The van der Waals surface area contributed by atoms with E-state index in [0.717, 1.165) is 16.2 Å². The van der Waals surface area contributed by atoms with Crippen molar-refractivity contribution < 1.29 is 14.0 Å². The molecule has 146 valence electrons. The van der Waals surface area contributed by atoms with Crippen LogP contribution in [-0.2, 0) is 0 Å². The fraction of sp³-hybridized carbons (Fsp3) is 0.167. The van der Waals surface area contributed by atoms with Crippen LogP contribution < -0.4 is 10.6 Å². The number of amides is 2. The van der Waals surface area contributed by atoms with Gasteiger partial charge in [-0.05, 0) is 41.0 Å². The van der Waals surface area contributed by atoms with Crippen molar-refractivity contribution in [2.24, 2.45) is 5.92 Å². The van der Waals surface area contributed by atoms with E-state index in [-0.39, 0.29) is 11.7 Å². The second kappa shape index (κ2) is 7.80. The van der Waals surface area contributed by atoms with E-state index >= 15 is 0 Å². The van der Waals surface area contributed by atoms with Crippen LogP contribution in [0.5, 0.6) is 0 Å². The minimum absolute atomic E-state index is 0.203. The molecule has 5 nitrogen and oxygen atoms in total. The first-order valence-electron chi connectivity index (χ1n) is 9.63. The summed E-state index contributed by atoms with van der Waals surface area (Å²) >= 11 is 0. The molecule has 0 spiro atoms. The van der Waals surface area contributed by atoms with Crippen LogP contribution in [0.25, 0.3) is 21.7 Å². The van der Waals surface area contributed by atoms with Gasteiger partial charge in [-0.1, -0.05) is 56.3 Å². The lowest BCUT2D eigenvalue weighted by Crippen LogP contribution is -2.28. The molecule has 0 fully saturated rings. The normalized spacial score (nSPS) is 11.1. The van der Waals surface area contributed by atoms with Crippen LogP contribution in [0.1, 0.15) is 34.8 Å². The molecule has 0 unspecified atom stereocenters. The van der Waals surface area contributed by atoms with Crippen molar-refractivity contribution in [3.8, 4) is 0 Å². The Morgan fingerprint density at radius 2 is 1.66 bits per heavy atom. The maximum Gasteiger partial charge on any atom is 0.291 e. The summed E-state index contributed by atoms with van der Waals surface area (Å²) in [5, 5.41) is 8.69. The zero-order valence-corrected chi connectivity index (χ0v) is 16.4. The predicted octanol–water partition coefficient (Wildman–Crippen LogP) is 5.22. The highest BCUT2D eigenvalue weighted by atomic mass is 16.3. The third-order valence-electron chi connectivity index (χ3n) is 4.74. The van der Waals surface area contributed by atoms with Crippen molar-refractivity contribution >= 4 is 39.2 Å². The molecule has 2 amide bonds. The average molecular weight is 386 g/mol. The number of anilines is 1. The lowest BCUT2D eigenvalue weighted by Gasteiger charge is -2.12. The Kier molecular flexibility index (Phi) is 5.04. The molecule has 0 aliphatic rings. The largest absolute Gasteiger partial charge is 0.451 e. The van der Waals surface area contributed by atoms with Crippen molar-refractivity contribution in [1.82, 2.24) is 5.32 Å². The van der Waals surface area contributed by atoms with Crippen molar-refractivity contribution in [3.63, 3.8) is 0 Å². The molecule has 0 saturated heterocycles.